The summed E-state index contributed by atoms with van der Waals surface area (Å²) in [6.07, 6.45) is 3.67. The van der Waals surface area contributed by atoms with E-state index < -0.39 is 0 Å². The number of aromatic nitrogens is 2. The summed E-state index contributed by atoms with van der Waals surface area (Å²) in [5.74, 6) is 1.78. The Morgan fingerprint density at radius 3 is 2.30 bits per heavy atom. The van der Waals surface area contributed by atoms with Crippen molar-refractivity contribution in [1.82, 2.24) is 9.36 Å². The van der Waals surface area contributed by atoms with E-state index in [4.69, 9.17) is 14.2 Å². The van der Waals surface area contributed by atoms with Crippen LogP contribution in [0.3, 0.4) is 0 Å². The highest BCUT2D eigenvalue weighted by atomic mass is 32.1. The number of benzene rings is 2. The monoisotopic (exact) mass is 378 g/mol. The minimum atomic E-state index is 0.567. The molecule has 0 spiro atoms. The van der Waals surface area contributed by atoms with Gasteiger partial charge in [-0.1, -0.05) is 12.1 Å². The Balaban J connectivity index is 1.86. The number of fused-ring (bicyclic) bond motifs is 1. The SMILES string of the molecule is COc1cc(-c2nscc2-c2ccc3ccncc3c2)cc(OC)c1OC. The molecule has 0 aliphatic rings. The highest BCUT2D eigenvalue weighted by Crippen LogP contribution is 2.43. The minimum absolute atomic E-state index is 0.567. The fourth-order valence-corrected chi connectivity index (χ4v) is 3.84. The highest BCUT2D eigenvalue weighted by Gasteiger charge is 2.18. The molecule has 2 aromatic heterocycles. The molecule has 0 saturated carbocycles. The van der Waals surface area contributed by atoms with E-state index in [0.29, 0.717) is 17.2 Å². The second-order valence-corrected chi connectivity index (χ2v) is 6.56. The van der Waals surface area contributed by atoms with Crippen molar-refractivity contribution in [2.75, 3.05) is 21.3 Å². The van der Waals surface area contributed by atoms with Crippen LogP contribution in [0.1, 0.15) is 0 Å². The van der Waals surface area contributed by atoms with Crippen molar-refractivity contribution in [2.45, 2.75) is 0 Å². The molecule has 27 heavy (non-hydrogen) atoms. The standard InChI is InChI=1S/C21H18N2O3S/c1-24-18-9-15(10-19(25-2)21(18)26-3)20-17(12-27-23-20)14-5-4-13-6-7-22-11-16(13)8-14/h4-12H,1-3H3. The molecule has 136 valence electrons. The van der Waals surface area contributed by atoms with Gasteiger partial charge in [0, 0.05) is 34.3 Å². The lowest BCUT2D eigenvalue weighted by atomic mass is 9.99. The molecule has 4 aromatic rings. The number of hydrogen-bond acceptors (Lipinski definition) is 6. The molecule has 5 nitrogen and oxygen atoms in total. The molecular weight excluding hydrogens is 360 g/mol. The van der Waals surface area contributed by atoms with Gasteiger partial charge < -0.3 is 14.2 Å². The molecule has 0 aliphatic heterocycles. The lowest BCUT2D eigenvalue weighted by Crippen LogP contribution is -1.96. The number of hydrogen-bond donors (Lipinski definition) is 0. The van der Waals surface area contributed by atoms with Crippen molar-refractivity contribution in [3.63, 3.8) is 0 Å². The quantitative estimate of drug-likeness (QED) is 0.486. The van der Waals surface area contributed by atoms with E-state index in [1.54, 1.807) is 27.5 Å². The van der Waals surface area contributed by atoms with Crippen molar-refractivity contribution in [3.05, 3.63) is 54.2 Å². The maximum atomic E-state index is 5.48. The number of pyridine rings is 1. The molecule has 2 heterocycles. The predicted molar refractivity (Wildman–Crippen MR) is 108 cm³/mol. The third-order valence-corrected chi connectivity index (χ3v) is 5.09. The maximum Gasteiger partial charge on any atom is 0.203 e. The van der Waals surface area contributed by atoms with Gasteiger partial charge in [0.05, 0.1) is 27.0 Å². The lowest BCUT2D eigenvalue weighted by molar-refractivity contribution is 0.324. The third kappa shape index (κ3) is 3.08. The molecule has 0 bridgehead atoms. The van der Waals surface area contributed by atoms with Crippen molar-refractivity contribution in [3.8, 4) is 39.6 Å². The second kappa shape index (κ2) is 7.25. The van der Waals surface area contributed by atoms with Crippen molar-refractivity contribution >= 4 is 22.3 Å². The zero-order valence-electron chi connectivity index (χ0n) is 15.2. The summed E-state index contributed by atoms with van der Waals surface area (Å²) in [7, 11) is 4.82. The minimum Gasteiger partial charge on any atom is -0.493 e. The van der Waals surface area contributed by atoms with E-state index in [1.165, 1.54) is 11.5 Å². The molecule has 0 atom stereocenters. The van der Waals surface area contributed by atoms with Gasteiger partial charge in [0.25, 0.3) is 0 Å². The molecule has 0 aliphatic carbocycles. The summed E-state index contributed by atoms with van der Waals surface area (Å²) in [5, 5.41) is 4.30. The maximum absolute atomic E-state index is 5.48. The van der Waals surface area contributed by atoms with Crippen LogP contribution in [0.4, 0.5) is 0 Å². The van der Waals surface area contributed by atoms with Gasteiger partial charge >= 0.3 is 0 Å². The molecule has 0 fully saturated rings. The number of nitrogens with zero attached hydrogens (tertiary/aromatic N) is 2. The van der Waals surface area contributed by atoms with Crippen molar-refractivity contribution in [1.29, 1.82) is 0 Å². The molecule has 0 N–H and O–H groups in total. The predicted octanol–water partition coefficient (Wildman–Crippen LogP) is 5.05. The van der Waals surface area contributed by atoms with Crippen LogP contribution in [-0.4, -0.2) is 30.7 Å². The first-order chi connectivity index (χ1) is 13.2. The lowest BCUT2D eigenvalue weighted by Gasteiger charge is -2.14. The summed E-state index contributed by atoms with van der Waals surface area (Å²) >= 11 is 1.42. The Morgan fingerprint density at radius 2 is 1.59 bits per heavy atom. The van der Waals surface area contributed by atoms with Crippen LogP contribution in [0.15, 0.2) is 54.2 Å². The Morgan fingerprint density at radius 1 is 0.815 bits per heavy atom. The number of ether oxygens (including phenoxy) is 3. The van der Waals surface area contributed by atoms with Crippen LogP contribution in [0, 0.1) is 0 Å². The van der Waals surface area contributed by atoms with Crippen LogP contribution in [-0.2, 0) is 0 Å². The molecule has 0 saturated heterocycles. The van der Waals surface area contributed by atoms with E-state index in [1.807, 2.05) is 24.4 Å². The second-order valence-electron chi connectivity index (χ2n) is 5.93. The van der Waals surface area contributed by atoms with Crippen molar-refractivity contribution < 1.29 is 14.2 Å². The van der Waals surface area contributed by atoms with Gasteiger partial charge in [-0.2, -0.15) is 4.37 Å². The van der Waals surface area contributed by atoms with Crippen LogP contribution in [0.2, 0.25) is 0 Å². The van der Waals surface area contributed by atoms with Gasteiger partial charge in [-0.05, 0) is 46.7 Å². The van der Waals surface area contributed by atoms with Gasteiger partial charge in [0.15, 0.2) is 11.5 Å². The van der Waals surface area contributed by atoms with E-state index in [0.717, 1.165) is 33.2 Å². The summed E-state index contributed by atoms with van der Waals surface area (Å²) < 4.78 is 21.0. The largest absolute Gasteiger partial charge is 0.493 e. The first-order valence-corrected chi connectivity index (χ1v) is 9.17. The molecule has 0 unspecified atom stereocenters. The first-order valence-electron chi connectivity index (χ1n) is 8.34. The van der Waals surface area contributed by atoms with Gasteiger partial charge in [-0.15, -0.1) is 0 Å². The number of methoxy groups -OCH3 is 3. The van der Waals surface area contributed by atoms with E-state index in [-0.39, 0.29) is 0 Å². The van der Waals surface area contributed by atoms with Gasteiger partial charge in [0.1, 0.15) is 0 Å². The van der Waals surface area contributed by atoms with Gasteiger partial charge in [-0.3, -0.25) is 4.98 Å². The fraction of sp³-hybridized carbons (Fsp3) is 0.143. The van der Waals surface area contributed by atoms with E-state index in [2.05, 4.69) is 32.9 Å². The topological polar surface area (TPSA) is 53.5 Å². The fourth-order valence-electron chi connectivity index (χ4n) is 3.12. The Labute approximate surface area is 161 Å². The Kier molecular flexibility index (Phi) is 4.64. The molecule has 0 radical (unpaired) electrons. The van der Waals surface area contributed by atoms with Crippen LogP contribution in [0.5, 0.6) is 17.2 Å². The molecular formula is C21H18N2O3S. The number of rotatable bonds is 5. The Bertz CT molecular complexity index is 1080. The van der Waals surface area contributed by atoms with E-state index in [9.17, 15) is 0 Å². The van der Waals surface area contributed by atoms with Crippen LogP contribution < -0.4 is 14.2 Å². The Hall–Kier alpha value is -3.12. The average molecular weight is 378 g/mol. The van der Waals surface area contributed by atoms with Gasteiger partial charge in [-0.25, -0.2) is 0 Å². The van der Waals surface area contributed by atoms with E-state index >= 15 is 0 Å². The summed E-state index contributed by atoms with van der Waals surface area (Å²) in [5.41, 5.74) is 3.93. The zero-order valence-corrected chi connectivity index (χ0v) is 16.0. The molecule has 6 heteroatoms. The average Bonchev–Trinajstić information content (AvgIpc) is 3.22. The normalized spacial score (nSPS) is 10.8. The highest BCUT2D eigenvalue weighted by molar-refractivity contribution is 7.04. The zero-order chi connectivity index (χ0) is 18.8. The molecule has 4 rings (SSSR count). The summed E-state index contributed by atoms with van der Waals surface area (Å²) in [6, 6.07) is 12.2. The third-order valence-electron chi connectivity index (χ3n) is 4.46. The summed E-state index contributed by atoms with van der Waals surface area (Å²) in [4.78, 5) is 4.22. The van der Waals surface area contributed by atoms with Crippen LogP contribution in [0.25, 0.3) is 33.2 Å². The first kappa shape index (κ1) is 17.3. The molecule has 2 aromatic carbocycles. The molecule has 0 amide bonds. The smallest absolute Gasteiger partial charge is 0.203 e. The summed E-state index contributed by atoms with van der Waals surface area (Å²) in [6.45, 7) is 0. The van der Waals surface area contributed by atoms with Gasteiger partial charge in [0.2, 0.25) is 5.75 Å². The van der Waals surface area contributed by atoms with Crippen LogP contribution >= 0.6 is 11.5 Å². The van der Waals surface area contributed by atoms with Crippen molar-refractivity contribution in [2.24, 2.45) is 0 Å².